The van der Waals surface area contributed by atoms with E-state index in [1.165, 1.54) is 35.4 Å². The minimum Gasteiger partial charge on any atom is -0.377 e. The number of anilines is 1. The largest absolute Gasteiger partial charge is 0.377 e. The zero-order valence-electron chi connectivity index (χ0n) is 15.6. The Balaban J connectivity index is 1.40. The van der Waals surface area contributed by atoms with E-state index >= 15 is 0 Å². The smallest absolute Gasteiger partial charge is 0.255 e. The highest BCUT2D eigenvalue weighted by Crippen LogP contribution is 2.25. The Morgan fingerprint density at radius 2 is 1.82 bits per heavy atom. The minimum atomic E-state index is -3.62. The van der Waals surface area contributed by atoms with Crippen LogP contribution in [-0.4, -0.2) is 33.6 Å². The van der Waals surface area contributed by atoms with Crippen LogP contribution in [0.4, 0.5) is 5.69 Å². The highest BCUT2D eigenvalue weighted by molar-refractivity contribution is 7.89. The van der Waals surface area contributed by atoms with Gasteiger partial charge in [0.05, 0.1) is 11.0 Å². The molecule has 0 aromatic heterocycles. The summed E-state index contributed by atoms with van der Waals surface area (Å²) < 4.78 is 32.8. The topological polar surface area (TPSA) is 84.5 Å². The number of ether oxygens (including phenoxy) is 1. The lowest BCUT2D eigenvalue weighted by molar-refractivity contribution is 0.102. The van der Waals surface area contributed by atoms with Crippen LogP contribution >= 0.6 is 0 Å². The van der Waals surface area contributed by atoms with Gasteiger partial charge < -0.3 is 10.1 Å². The third-order valence-electron chi connectivity index (χ3n) is 5.31. The molecule has 1 aliphatic carbocycles. The van der Waals surface area contributed by atoms with E-state index in [1.807, 2.05) is 12.1 Å². The Hall–Kier alpha value is -2.22. The molecule has 2 aromatic rings. The Kier molecular flexibility index (Phi) is 5.48. The van der Waals surface area contributed by atoms with E-state index in [0.717, 1.165) is 37.8 Å². The molecule has 6 nitrogen and oxygen atoms in total. The molecule has 1 heterocycles. The van der Waals surface area contributed by atoms with E-state index in [4.69, 9.17) is 4.74 Å². The second-order valence-corrected chi connectivity index (χ2v) is 9.07. The number of fused-ring (bicyclic) bond motifs is 1. The Morgan fingerprint density at radius 3 is 2.57 bits per heavy atom. The average Bonchev–Trinajstić information content (AvgIpc) is 3.38. The molecule has 28 heavy (non-hydrogen) atoms. The van der Waals surface area contributed by atoms with Crippen LogP contribution < -0.4 is 10.0 Å². The van der Waals surface area contributed by atoms with Gasteiger partial charge in [0.15, 0.2) is 0 Å². The Morgan fingerprint density at radius 1 is 1.04 bits per heavy atom. The van der Waals surface area contributed by atoms with Crippen LogP contribution in [0.2, 0.25) is 0 Å². The molecule has 0 radical (unpaired) electrons. The third-order valence-corrected chi connectivity index (χ3v) is 6.75. The third kappa shape index (κ3) is 4.27. The predicted octanol–water partition coefficient (Wildman–Crippen LogP) is 2.88. The second-order valence-electron chi connectivity index (χ2n) is 7.30. The first-order valence-corrected chi connectivity index (χ1v) is 11.1. The zero-order chi connectivity index (χ0) is 19.6. The lowest BCUT2D eigenvalue weighted by atomic mass is 10.1. The van der Waals surface area contributed by atoms with Crippen molar-refractivity contribution in [1.29, 1.82) is 0 Å². The Bertz CT molecular complexity index is 964. The molecule has 0 bridgehead atoms. The highest BCUT2D eigenvalue weighted by atomic mass is 32.2. The van der Waals surface area contributed by atoms with Crippen LogP contribution in [-0.2, 0) is 27.6 Å². The van der Waals surface area contributed by atoms with Gasteiger partial charge in [-0.25, -0.2) is 13.1 Å². The number of carbonyl (C=O) groups excluding carboxylic acids is 1. The van der Waals surface area contributed by atoms with Crippen LogP contribution in [0, 0.1) is 0 Å². The fraction of sp³-hybridized carbons (Fsp3) is 0.381. The molecule has 1 saturated heterocycles. The summed E-state index contributed by atoms with van der Waals surface area (Å²) in [6, 6.07) is 12.0. The highest BCUT2D eigenvalue weighted by Gasteiger charge is 2.20. The molecule has 2 aromatic carbocycles. The maximum absolute atomic E-state index is 12.5. The molecule has 1 amide bonds. The standard InChI is InChI=1S/C21H24N2O4S/c24-21(23-18-9-6-15-3-1-4-17(15)13-18)16-7-10-20(11-8-16)28(25,26)22-14-19-5-2-12-27-19/h6-11,13,19,22H,1-5,12,14H2,(H,23,24)/t19-/m0/s1. The molecule has 7 heteroatoms. The van der Waals surface area contributed by atoms with Gasteiger partial charge >= 0.3 is 0 Å². The molecule has 1 fully saturated rings. The molecule has 2 N–H and O–H groups in total. The molecule has 2 aliphatic rings. The van der Waals surface area contributed by atoms with E-state index in [2.05, 4.69) is 16.1 Å². The average molecular weight is 401 g/mol. The monoisotopic (exact) mass is 400 g/mol. The summed E-state index contributed by atoms with van der Waals surface area (Å²) in [5.41, 5.74) is 3.82. The molecule has 1 atom stereocenters. The number of nitrogens with one attached hydrogen (secondary N) is 2. The molecule has 1 aliphatic heterocycles. The number of hydrogen-bond acceptors (Lipinski definition) is 4. The molecule has 0 spiro atoms. The second kappa shape index (κ2) is 8.03. The van der Waals surface area contributed by atoms with Gasteiger partial charge in [-0.3, -0.25) is 4.79 Å². The maximum Gasteiger partial charge on any atom is 0.255 e. The van der Waals surface area contributed by atoms with Crippen LogP contribution in [0.5, 0.6) is 0 Å². The first-order chi connectivity index (χ1) is 13.5. The lowest BCUT2D eigenvalue weighted by Gasteiger charge is -2.12. The summed E-state index contributed by atoms with van der Waals surface area (Å²) in [4.78, 5) is 12.6. The number of carbonyl (C=O) groups is 1. The van der Waals surface area contributed by atoms with Crippen molar-refractivity contribution in [2.24, 2.45) is 0 Å². The maximum atomic E-state index is 12.5. The summed E-state index contributed by atoms with van der Waals surface area (Å²) in [6.07, 6.45) is 5.06. The fourth-order valence-electron chi connectivity index (χ4n) is 3.73. The SMILES string of the molecule is O=C(Nc1ccc2c(c1)CCC2)c1ccc(S(=O)(=O)NC[C@@H]2CCCO2)cc1. The van der Waals surface area contributed by atoms with Gasteiger partial charge in [0.2, 0.25) is 10.0 Å². The van der Waals surface area contributed by atoms with Crippen LogP contribution in [0.25, 0.3) is 0 Å². The van der Waals surface area contributed by atoms with Crippen molar-refractivity contribution < 1.29 is 17.9 Å². The van der Waals surface area contributed by atoms with Crippen LogP contribution in [0.3, 0.4) is 0 Å². The van der Waals surface area contributed by atoms with E-state index in [1.54, 1.807) is 0 Å². The zero-order valence-corrected chi connectivity index (χ0v) is 16.4. The van der Waals surface area contributed by atoms with E-state index < -0.39 is 10.0 Å². The van der Waals surface area contributed by atoms with Gasteiger partial charge in [0.25, 0.3) is 5.91 Å². The molecule has 0 saturated carbocycles. The number of amides is 1. The molecule has 148 valence electrons. The number of hydrogen-bond donors (Lipinski definition) is 2. The first-order valence-electron chi connectivity index (χ1n) is 9.66. The van der Waals surface area contributed by atoms with E-state index in [-0.39, 0.29) is 23.5 Å². The summed E-state index contributed by atoms with van der Waals surface area (Å²) in [5, 5.41) is 2.89. The van der Waals surface area contributed by atoms with Gasteiger partial charge in [-0.2, -0.15) is 0 Å². The quantitative estimate of drug-likeness (QED) is 0.781. The predicted molar refractivity (Wildman–Crippen MR) is 107 cm³/mol. The molecular weight excluding hydrogens is 376 g/mol. The van der Waals surface area contributed by atoms with Crippen molar-refractivity contribution in [2.75, 3.05) is 18.5 Å². The normalized spacial score (nSPS) is 18.8. The van der Waals surface area contributed by atoms with E-state index in [9.17, 15) is 13.2 Å². The number of sulfonamides is 1. The van der Waals surface area contributed by atoms with Gasteiger partial charge in [-0.05, 0) is 79.6 Å². The molecule has 4 rings (SSSR count). The minimum absolute atomic E-state index is 0.0628. The summed E-state index contributed by atoms with van der Waals surface area (Å²) >= 11 is 0. The fourth-order valence-corrected chi connectivity index (χ4v) is 4.80. The van der Waals surface area contributed by atoms with Crippen LogP contribution in [0.15, 0.2) is 47.4 Å². The first kappa shape index (κ1) is 19.1. The lowest BCUT2D eigenvalue weighted by Crippen LogP contribution is -2.31. The van der Waals surface area contributed by atoms with Gasteiger partial charge in [0.1, 0.15) is 0 Å². The van der Waals surface area contributed by atoms with E-state index in [0.29, 0.717) is 12.2 Å². The van der Waals surface area contributed by atoms with Gasteiger partial charge in [-0.1, -0.05) is 6.07 Å². The Labute approximate surface area is 165 Å². The molecule has 0 unspecified atom stereocenters. The summed E-state index contributed by atoms with van der Waals surface area (Å²) in [5.74, 6) is -0.255. The van der Waals surface area contributed by atoms with Crippen molar-refractivity contribution in [3.8, 4) is 0 Å². The molecular formula is C21H24N2O4S. The number of aryl methyl sites for hydroxylation is 2. The van der Waals surface area contributed by atoms with Crippen molar-refractivity contribution >= 4 is 21.6 Å². The number of benzene rings is 2. The van der Waals surface area contributed by atoms with Crippen molar-refractivity contribution in [2.45, 2.75) is 43.1 Å². The van der Waals surface area contributed by atoms with Crippen molar-refractivity contribution in [3.05, 3.63) is 59.2 Å². The summed E-state index contributed by atoms with van der Waals surface area (Å²) in [6.45, 7) is 0.948. The van der Waals surface area contributed by atoms with Crippen LogP contribution in [0.1, 0.15) is 40.7 Å². The summed E-state index contributed by atoms with van der Waals surface area (Å²) in [7, 11) is -3.62. The van der Waals surface area contributed by atoms with Crippen molar-refractivity contribution in [3.63, 3.8) is 0 Å². The van der Waals surface area contributed by atoms with Gasteiger partial charge in [-0.15, -0.1) is 0 Å². The van der Waals surface area contributed by atoms with Gasteiger partial charge in [0, 0.05) is 24.4 Å². The van der Waals surface area contributed by atoms with Crippen molar-refractivity contribution in [1.82, 2.24) is 4.72 Å². The number of rotatable bonds is 6.